The molecule has 2 atom stereocenters. The van der Waals surface area contributed by atoms with E-state index in [1.54, 1.807) is 12.1 Å². The van der Waals surface area contributed by atoms with Gasteiger partial charge in [0.15, 0.2) is 0 Å². The van der Waals surface area contributed by atoms with Crippen molar-refractivity contribution < 1.29 is 24.6 Å². The second kappa shape index (κ2) is 9.14. The predicted octanol–water partition coefficient (Wildman–Crippen LogP) is 2.11. The Bertz CT molecular complexity index is 829. The molecular weight excluding hydrogens is 348 g/mol. The van der Waals surface area contributed by atoms with Gasteiger partial charge in [0.1, 0.15) is 12.1 Å². The lowest BCUT2D eigenvalue weighted by molar-refractivity contribution is -0.142. The maximum absolute atomic E-state index is 12.5. The molecule has 0 heterocycles. The fourth-order valence-corrected chi connectivity index (χ4v) is 2.89. The number of hydrogen-bond donors (Lipinski definition) is 4. The lowest BCUT2D eigenvalue weighted by atomic mass is 10.0. The molecule has 0 saturated heterocycles. The van der Waals surface area contributed by atoms with Crippen LogP contribution in [0.5, 0.6) is 0 Å². The van der Waals surface area contributed by atoms with Crippen molar-refractivity contribution >= 4 is 28.6 Å². The fraction of sp³-hybridized carbons (Fsp3) is 0.350. The third-order valence-corrected chi connectivity index (χ3v) is 4.21. The van der Waals surface area contributed by atoms with Crippen molar-refractivity contribution in [2.24, 2.45) is 5.92 Å². The van der Waals surface area contributed by atoms with Crippen molar-refractivity contribution in [1.82, 2.24) is 10.6 Å². The molecule has 0 unspecified atom stereocenters. The van der Waals surface area contributed by atoms with Gasteiger partial charge in [0.25, 0.3) is 5.91 Å². The number of aliphatic carboxylic acids is 2. The summed E-state index contributed by atoms with van der Waals surface area (Å²) in [5.41, 5.74) is 0.439. The van der Waals surface area contributed by atoms with Gasteiger partial charge in [0, 0.05) is 12.1 Å². The highest BCUT2D eigenvalue weighted by Gasteiger charge is 2.27. The molecule has 1 amide bonds. The van der Waals surface area contributed by atoms with Crippen molar-refractivity contribution in [3.8, 4) is 0 Å². The quantitative estimate of drug-likeness (QED) is 0.536. The summed E-state index contributed by atoms with van der Waals surface area (Å²) in [6.07, 6.45) is 0.288. The molecular formula is C20H24N2O5. The molecule has 0 aromatic heterocycles. The molecule has 144 valence electrons. The number of nitrogens with one attached hydrogen (secondary N) is 2. The van der Waals surface area contributed by atoms with E-state index in [1.165, 1.54) is 0 Å². The van der Waals surface area contributed by atoms with Gasteiger partial charge in [-0.2, -0.15) is 0 Å². The topological polar surface area (TPSA) is 116 Å². The van der Waals surface area contributed by atoms with Gasteiger partial charge in [-0.25, -0.2) is 0 Å². The van der Waals surface area contributed by atoms with Crippen LogP contribution in [0.4, 0.5) is 0 Å². The summed E-state index contributed by atoms with van der Waals surface area (Å²) < 4.78 is 0. The van der Waals surface area contributed by atoms with Crippen LogP contribution < -0.4 is 10.6 Å². The number of carboxylic acid groups (broad SMARTS) is 2. The minimum atomic E-state index is -1.22. The Balaban J connectivity index is 2.09. The number of carbonyl (C=O) groups excluding carboxylic acids is 1. The molecule has 2 aromatic rings. The molecule has 0 aliphatic carbocycles. The average molecular weight is 372 g/mol. The van der Waals surface area contributed by atoms with Crippen LogP contribution in [0.15, 0.2) is 42.5 Å². The molecule has 0 saturated carbocycles. The van der Waals surface area contributed by atoms with Crippen LogP contribution in [0, 0.1) is 5.92 Å². The van der Waals surface area contributed by atoms with E-state index in [1.807, 2.05) is 44.2 Å². The summed E-state index contributed by atoms with van der Waals surface area (Å²) >= 11 is 0. The van der Waals surface area contributed by atoms with Crippen LogP contribution in [0.3, 0.4) is 0 Å². The fourth-order valence-electron chi connectivity index (χ4n) is 2.89. The SMILES string of the molecule is CC(C)C[C@H](N[C@@H](CNC(=O)c1cccc2ccccc12)C(=O)O)C(=O)O. The van der Waals surface area contributed by atoms with E-state index >= 15 is 0 Å². The Hall–Kier alpha value is -2.93. The lowest BCUT2D eigenvalue weighted by Gasteiger charge is -2.22. The van der Waals surface area contributed by atoms with Gasteiger partial charge in [-0.1, -0.05) is 50.2 Å². The maximum atomic E-state index is 12.5. The number of fused-ring (bicyclic) bond motifs is 1. The molecule has 0 fully saturated rings. The first-order valence-electron chi connectivity index (χ1n) is 8.77. The van der Waals surface area contributed by atoms with Crippen LogP contribution in [-0.4, -0.2) is 46.7 Å². The largest absolute Gasteiger partial charge is 0.480 e. The molecule has 4 N–H and O–H groups in total. The van der Waals surface area contributed by atoms with Crippen LogP contribution >= 0.6 is 0 Å². The van der Waals surface area contributed by atoms with Crippen molar-refractivity contribution in [3.63, 3.8) is 0 Å². The normalized spacial score (nSPS) is 13.3. The Morgan fingerprint density at radius 2 is 1.56 bits per heavy atom. The third-order valence-electron chi connectivity index (χ3n) is 4.21. The molecule has 0 aliphatic heterocycles. The molecule has 0 radical (unpaired) electrons. The molecule has 27 heavy (non-hydrogen) atoms. The van der Waals surface area contributed by atoms with Crippen LogP contribution in [0.2, 0.25) is 0 Å². The van der Waals surface area contributed by atoms with Crippen molar-refractivity contribution in [3.05, 3.63) is 48.0 Å². The molecule has 0 bridgehead atoms. The number of amides is 1. The van der Waals surface area contributed by atoms with E-state index in [2.05, 4.69) is 10.6 Å². The molecule has 7 heteroatoms. The van der Waals surface area contributed by atoms with Crippen molar-refractivity contribution in [2.75, 3.05) is 6.54 Å². The average Bonchev–Trinajstić information content (AvgIpc) is 2.62. The summed E-state index contributed by atoms with van der Waals surface area (Å²) in [6, 6.07) is 10.5. The molecule has 2 rings (SSSR count). The van der Waals surface area contributed by atoms with E-state index in [0.717, 1.165) is 10.8 Å². The number of carboxylic acids is 2. The van der Waals surface area contributed by atoms with Gasteiger partial charge in [-0.15, -0.1) is 0 Å². The van der Waals surface area contributed by atoms with Gasteiger partial charge < -0.3 is 15.5 Å². The molecule has 7 nitrogen and oxygen atoms in total. The third kappa shape index (κ3) is 5.52. The lowest BCUT2D eigenvalue weighted by Crippen LogP contribution is -2.52. The molecule has 2 aromatic carbocycles. The minimum Gasteiger partial charge on any atom is -0.480 e. The summed E-state index contributed by atoms with van der Waals surface area (Å²) in [4.78, 5) is 35.4. The minimum absolute atomic E-state index is 0.0818. The van der Waals surface area contributed by atoms with Gasteiger partial charge >= 0.3 is 11.9 Å². The Morgan fingerprint density at radius 1 is 0.926 bits per heavy atom. The van der Waals surface area contributed by atoms with E-state index in [0.29, 0.717) is 5.56 Å². The number of rotatable bonds is 9. The van der Waals surface area contributed by atoms with E-state index in [9.17, 15) is 24.6 Å². The Labute approximate surface area is 157 Å². The summed E-state index contributed by atoms with van der Waals surface area (Å²) in [6.45, 7) is 3.49. The highest BCUT2D eigenvalue weighted by atomic mass is 16.4. The first-order valence-corrected chi connectivity index (χ1v) is 8.77. The highest BCUT2D eigenvalue weighted by Crippen LogP contribution is 2.18. The van der Waals surface area contributed by atoms with E-state index in [-0.39, 0.29) is 18.9 Å². The summed E-state index contributed by atoms with van der Waals surface area (Å²) in [7, 11) is 0. The van der Waals surface area contributed by atoms with Gasteiger partial charge in [-0.3, -0.25) is 19.7 Å². The zero-order valence-corrected chi connectivity index (χ0v) is 15.3. The van der Waals surface area contributed by atoms with Crippen LogP contribution in [0.25, 0.3) is 10.8 Å². The monoisotopic (exact) mass is 372 g/mol. The zero-order chi connectivity index (χ0) is 20.0. The number of hydrogen-bond acceptors (Lipinski definition) is 4. The summed E-state index contributed by atoms with van der Waals surface area (Å²) in [5.74, 6) is -2.66. The molecule has 0 aliphatic rings. The smallest absolute Gasteiger partial charge is 0.322 e. The second-order valence-corrected chi connectivity index (χ2v) is 6.81. The maximum Gasteiger partial charge on any atom is 0.322 e. The molecule has 0 spiro atoms. The summed E-state index contributed by atoms with van der Waals surface area (Å²) in [5, 5.41) is 25.5. The Kier molecular flexibility index (Phi) is 6.90. The number of carbonyl (C=O) groups is 3. The number of benzene rings is 2. The second-order valence-electron chi connectivity index (χ2n) is 6.81. The standard InChI is InChI=1S/C20H24N2O5/c1-12(2)10-16(19(24)25)22-17(20(26)27)11-21-18(23)15-9-5-7-13-6-3-4-8-14(13)15/h3-9,12,16-17,22H,10-11H2,1-2H3,(H,21,23)(H,24,25)(H,26,27)/t16-,17-/m0/s1. The highest BCUT2D eigenvalue weighted by molar-refractivity contribution is 6.07. The van der Waals surface area contributed by atoms with Gasteiger partial charge in [-0.05, 0) is 29.2 Å². The first-order chi connectivity index (χ1) is 12.8. The van der Waals surface area contributed by atoms with Crippen LogP contribution in [0.1, 0.15) is 30.6 Å². The first kappa shape index (κ1) is 20.4. The van der Waals surface area contributed by atoms with Gasteiger partial charge in [0.2, 0.25) is 0 Å². The Morgan fingerprint density at radius 3 is 2.19 bits per heavy atom. The predicted molar refractivity (Wildman–Crippen MR) is 102 cm³/mol. The van der Waals surface area contributed by atoms with Gasteiger partial charge in [0.05, 0.1) is 0 Å². The zero-order valence-electron chi connectivity index (χ0n) is 15.3. The van der Waals surface area contributed by atoms with E-state index < -0.39 is 29.9 Å². The van der Waals surface area contributed by atoms with Crippen molar-refractivity contribution in [2.45, 2.75) is 32.4 Å². The van der Waals surface area contributed by atoms with Crippen molar-refractivity contribution in [1.29, 1.82) is 0 Å². The van der Waals surface area contributed by atoms with Crippen LogP contribution in [-0.2, 0) is 9.59 Å². The van der Waals surface area contributed by atoms with E-state index in [4.69, 9.17) is 0 Å².